The molecule has 0 aliphatic heterocycles. The molecule has 1 rings (SSSR count). The van der Waals surface area contributed by atoms with Crippen molar-refractivity contribution in [1.82, 2.24) is 5.32 Å². The second-order valence-electron chi connectivity index (χ2n) is 4.48. The van der Waals surface area contributed by atoms with Crippen LogP contribution in [0.2, 0.25) is 0 Å². The first kappa shape index (κ1) is 13.2. The number of thiophene rings is 1. The highest BCUT2D eigenvalue weighted by molar-refractivity contribution is 7.10. The Morgan fingerprint density at radius 2 is 2.19 bits per heavy atom. The fraction of sp³-hybridized carbons (Fsp3) is 0.583. The minimum absolute atomic E-state index is 0.0470. The number of nitrogens with one attached hydrogen (secondary N) is 1. The van der Waals surface area contributed by atoms with Gasteiger partial charge in [0, 0.05) is 4.88 Å². The molecule has 0 saturated heterocycles. The highest BCUT2D eigenvalue weighted by Gasteiger charge is 2.17. The maximum atomic E-state index is 11.8. The van der Waals surface area contributed by atoms with Crippen molar-refractivity contribution < 1.29 is 4.79 Å². The van der Waals surface area contributed by atoms with Gasteiger partial charge in [-0.3, -0.25) is 4.79 Å². The number of amides is 1. The van der Waals surface area contributed by atoms with E-state index in [0.29, 0.717) is 5.92 Å². The highest BCUT2D eigenvalue weighted by Crippen LogP contribution is 2.18. The molecule has 0 radical (unpaired) electrons. The summed E-state index contributed by atoms with van der Waals surface area (Å²) in [6.45, 7) is 6.11. The van der Waals surface area contributed by atoms with Gasteiger partial charge in [-0.2, -0.15) is 0 Å². The Bertz CT molecular complexity index is 322. The molecule has 0 aromatic carbocycles. The topological polar surface area (TPSA) is 55.1 Å². The lowest BCUT2D eigenvalue weighted by Crippen LogP contribution is -2.42. The minimum Gasteiger partial charge on any atom is -0.347 e. The van der Waals surface area contributed by atoms with E-state index in [2.05, 4.69) is 19.2 Å². The van der Waals surface area contributed by atoms with Crippen LogP contribution in [0.1, 0.15) is 38.1 Å². The Morgan fingerprint density at radius 3 is 2.69 bits per heavy atom. The van der Waals surface area contributed by atoms with E-state index in [4.69, 9.17) is 5.73 Å². The predicted molar refractivity (Wildman–Crippen MR) is 68.3 cm³/mol. The summed E-state index contributed by atoms with van der Waals surface area (Å²) in [6, 6.07) is 3.65. The van der Waals surface area contributed by atoms with Gasteiger partial charge in [-0.1, -0.05) is 19.9 Å². The van der Waals surface area contributed by atoms with Gasteiger partial charge >= 0.3 is 0 Å². The van der Waals surface area contributed by atoms with Crippen molar-refractivity contribution in [3.05, 3.63) is 22.4 Å². The average molecular weight is 240 g/mol. The van der Waals surface area contributed by atoms with Crippen molar-refractivity contribution in [2.24, 2.45) is 11.7 Å². The smallest absolute Gasteiger partial charge is 0.237 e. The molecule has 2 atom stereocenters. The van der Waals surface area contributed by atoms with Crippen LogP contribution in [0, 0.1) is 5.92 Å². The summed E-state index contributed by atoms with van der Waals surface area (Å²) in [7, 11) is 0. The largest absolute Gasteiger partial charge is 0.347 e. The molecule has 0 bridgehead atoms. The Balaban J connectivity index is 2.45. The van der Waals surface area contributed by atoms with Gasteiger partial charge in [-0.05, 0) is 30.7 Å². The van der Waals surface area contributed by atoms with Crippen molar-refractivity contribution in [3.8, 4) is 0 Å². The molecule has 0 saturated carbocycles. The summed E-state index contributed by atoms with van der Waals surface area (Å²) in [5.74, 6) is 0.382. The monoisotopic (exact) mass is 240 g/mol. The number of nitrogens with two attached hydrogens (primary N) is 1. The summed E-state index contributed by atoms with van der Waals surface area (Å²) in [5.41, 5.74) is 5.81. The maximum Gasteiger partial charge on any atom is 0.237 e. The summed E-state index contributed by atoms with van der Waals surface area (Å²) < 4.78 is 0. The van der Waals surface area contributed by atoms with Crippen LogP contribution in [0.25, 0.3) is 0 Å². The summed E-state index contributed by atoms with van der Waals surface area (Å²) >= 11 is 1.64. The first-order valence-corrected chi connectivity index (χ1v) is 6.48. The van der Waals surface area contributed by atoms with Crippen molar-refractivity contribution in [3.63, 3.8) is 0 Å². The molecular weight excluding hydrogens is 220 g/mol. The molecule has 3 N–H and O–H groups in total. The third-order valence-electron chi connectivity index (χ3n) is 2.39. The fourth-order valence-corrected chi connectivity index (χ4v) is 2.28. The van der Waals surface area contributed by atoms with Crippen LogP contribution in [0.4, 0.5) is 0 Å². The van der Waals surface area contributed by atoms with Gasteiger partial charge < -0.3 is 11.1 Å². The molecular formula is C12H20N2OS. The number of carbonyl (C=O) groups is 1. The van der Waals surface area contributed by atoms with Crippen molar-refractivity contribution in [2.45, 2.75) is 39.3 Å². The highest BCUT2D eigenvalue weighted by atomic mass is 32.1. The number of hydrogen-bond donors (Lipinski definition) is 2. The Kier molecular flexibility index (Phi) is 4.96. The van der Waals surface area contributed by atoms with Crippen LogP contribution < -0.4 is 11.1 Å². The van der Waals surface area contributed by atoms with Gasteiger partial charge in [0.05, 0.1) is 12.1 Å². The van der Waals surface area contributed by atoms with Crippen molar-refractivity contribution >= 4 is 17.2 Å². The Labute approximate surface area is 101 Å². The van der Waals surface area contributed by atoms with E-state index in [1.54, 1.807) is 11.3 Å². The quantitative estimate of drug-likeness (QED) is 0.829. The van der Waals surface area contributed by atoms with Crippen LogP contribution in [0.15, 0.2) is 17.5 Å². The predicted octanol–water partition coefficient (Wildman–Crippen LogP) is 2.30. The lowest BCUT2D eigenvalue weighted by Gasteiger charge is -2.17. The molecule has 4 heteroatoms. The molecule has 1 amide bonds. The summed E-state index contributed by atoms with van der Waals surface area (Å²) in [6.07, 6.45) is 0.725. The molecule has 1 heterocycles. The Morgan fingerprint density at radius 1 is 1.50 bits per heavy atom. The second kappa shape index (κ2) is 6.01. The normalized spacial score (nSPS) is 14.8. The van der Waals surface area contributed by atoms with Crippen LogP contribution >= 0.6 is 11.3 Å². The zero-order valence-corrected chi connectivity index (χ0v) is 10.9. The molecule has 16 heavy (non-hydrogen) atoms. The van der Waals surface area contributed by atoms with Crippen LogP contribution in [-0.2, 0) is 4.79 Å². The SMILES string of the molecule is CC(C)C[C@@H](N)C(=O)N[C@@H](C)c1cccs1. The molecule has 0 unspecified atom stereocenters. The minimum atomic E-state index is -0.401. The standard InChI is InChI=1S/C12H20N2OS/c1-8(2)7-10(13)12(15)14-9(3)11-5-4-6-16-11/h4-6,8-10H,7,13H2,1-3H3,(H,14,15)/t9-,10+/m0/s1. The van der Waals surface area contributed by atoms with Crippen LogP contribution in [0.5, 0.6) is 0 Å². The maximum absolute atomic E-state index is 11.8. The van der Waals surface area contributed by atoms with Crippen molar-refractivity contribution in [2.75, 3.05) is 0 Å². The van der Waals surface area contributed by atoms with E-state index in [1.165, 1.54) is 0 Å². The van der Waals surface area contributed by atoms with Gasteiger partial charge in [-0.25, -0.2) is 0 Å². The van der Waals surface area contributed by atoms with E-state index in [0.717, 1.165) is 11.3 Å². The van der Waals surface area contributed by atoms with Crippen molar-refractivity contribution in [1.29, 1.82) is 0 Å². The Hall–Kier alpha value is -0.870. The van der Waals surface area contributed by atoms with E-state index in [9.17, 15) is 4.79 Å². The van der Waals surface area contributed by atoms with Gasteiger partial charge in [0.15, 0.2) is 0 Å². The molecule has 3 nitrogen and oxygen atoms in total. The zero-order chi connectivity index (χ0) is 12.1. The number of rotatable bonds is 5. The molecule has 0 aliphatic rings. The molecule has 1 aromatic heterocycles. The molecule has 0 spiro atoms. The van der Waals surface area contributed by atoms with Gasteiger partial charge in [0.1, 0.15) is 0 Å². The number of hydrogen-bond acceptors (Lipinski definition) is 3. The first-order chi connectivity index (χ1) is 7.50. The fourth-order valence-electron chi connectivity index (χ4n) is 1.54. The van der Waals surface area contributed by atoms with Gasteiger partial charge in [0.2, 0.25) is 5.91 Å². The zero-order valence-electron chi connectivity index (χ0n) is 10.1. The van der Waals surface area contributed by atoms with E-state index < -0.39 is 6.04 Å². The summed E-state index contributed by atoms with van der Waals surface area (Å²) in [5, 5.41) is 4.94. The third kappa shape index (κ3) is 3.94. The lowest BCUT2D eigenvalue weighted by molar-refractivity contribution is -0.123. The molecule has 0 aliphatic carbocycles. The lowest BCUT2D eigenvalue weighted by atomic mass is 10.0. The van der Waals surface area contributed by atoms with Gasteiger partial charge in [0.25, 0.3) is 0 Å². The van der Waals surface area contributed by atoms with E-state index in [1.807, 2.05) is 24.4 Å². The van der Waals surface area contributed by atoms with E-state index >= 15 is 0 Å². The summed E-state index contributed by atoms with van der Waals surface area (Å²) in [4.78, 5) is 12.9. The van der Waals surface area contributed by atoms with Crippen LogP contribution in [-0.4, -0.2) is 11.9 Å². The van der Waals surface area contributed by atoms with Crippen LogP contribution in [0.3, 0.4) is 0 Å². The number of carbonyl (C=O) groups excluding carboxylic acids is 1. The first-order valence-electron chi connectivity index (χ1n) is 5.60. The average Bonchev–Trinajstić information content (AvgIpc) is 2.68. The second-order valence-corrected chi connectivity index (χ2v) is 5.46. The molecule has 0 fully saturated rings. The molecule has 90 valence electrons. The van der Waals surface area contributed by atoms with Gasteiger partial charge in [-0.15, -0.1) is 11.3 Å². The van der Waals surface area contributed by atoms with E-state index in [-0.39, 0.29) is 11.9 Å². The molecule has 1 aromatic rings. The third-order valence-corrected chi connectivity index (χ3v) is 3.45.